The van der Waals surface area contributed by atoms with Crippen LogP contribution in [0, 0.1) is 0 Å². The number of nitrogens with two attached hydrogens (primary N) is 1. The molecule has 1 aliphatic carbocycles. The van der Waals surface area contributed by atoms with Crippen molar-refractivity contribution in [2.24, 2.45) is 0 Å². The molecule has 0 amide bonds. The van der Waals surface area contributed by atoms with E-state index in [0.717, 1.165) is 17.1 Å². The van der Waals surface area contributed by atoms with Gasteiger partial charge in [-0.3, -0.25) is 0 Å². The molecule has 0 bridgehead atoms. The Morgan fingerprint density at radius 1 is 1.31 bits per heavy atom. The molecule has 16 heavy (non-hydrogen) atoms. The minimum absolute atomic E-state index is 0.608. The van der Waals surface area contributed by atoms with E-state index in [2.05, 4.69) is 5.32 Å². The molecule has 88 valence electrons. The summed E-state index contributed by atoms with van der Waals surface area (Å²) >= 11 is 0. The first-order valence-corrected chi connectivity index (χ1v) is 6.08. The fraction of sp³-hybridized carbons (Fsp3) is 0.538. The third-order valence-corrected chi connectivity index (χ3v) is 2.97. The molecule has 1 aromatic rings. The molecule has 1 aliphatic rings. The van der Waals surface area contributed by atoms with Crippen molar-refractivity contribution >= 4 is 11.4 Å². The molecule has 0 aromatic heterocycles. The van der Waals surface area contributed by atoms with E-state index in [1.807, 2.05) is 25.1 Å². The van der Waals surface area contributed by atoms with Gasteiger partial charge < -0.3 is 15.8 Å². The molecule has 1 aromatic carbocycles. The minimum Gasteiger partial charge on any atom is -0.494 e. The van der Waals surface area contributed by atoms with Gasteiger partial charge in [0.15, 0.2) is 0 Å². The molecule has 2 rings (SSSR count). The summed E-state index contributed by atoms with van der Waals surface area (Å²) in [7, 11) is 0. The van der Waals surface area contributed by atoms with Crippen molar-refractivity contribution in [2.45, 2.75) is 38.6 Å². The monoisotopic (exact) mass is 220 g/mol. The highest BCUT2D eigenvalue weighted by Gasteiger charge is 2.14. The van der Waals surface area contributed by atoms with Crippen LogP contribution in [-0.4, -0.2) is 12.6 Å². The van der Waals surface area contributed by atoms with Crippen molar-refractivity contribution in [3.63, 3.8) is 0 Å². The van der Waals surface area contributed by atoms with Crippen LogP contribution in [0.4, 0.5) is 11.4 Å². The normalized spacial score (nSPS) is 16.3. The number of hydrogen-bond acceptors (Lipinski definition) is 3. The molecule has 0 saturated heterocycles. The SMILES string of the molecule is CCOc1cc(N)cc(NC2CCCC2)c1. The Bertz CT molecular complexity index is 346. The average Bonchev–Trinajstić information content (AvgIpc) is 2.70. The molecule has 0 unspecified atom stereocenters. The summed E-state index contributed by atoms with van der Waals surface area (Å²) in [5.41, 5.74) is 7.68. The van der Waals surface area contributed by atoms with Gasteiger partial charge in [-0.1, -0.05) is 12.8 Å². The Morgan fingerprint density at radius 2 is 2.06 bits per heavy atom. The van der Waals surface area contributed by atoms with E-state index in [-0.39, 0.29) is 0 Å². The first-order chi connectivity index (χ1) is 7.78. The minimum atomic E-state index is 0.608. The lowest BCUT2D eigenvalue weighted by Gasteiger charge is -2.15. The Labute approximate surface area is 97.0 Å². The molecular formula is C13H20N2O. The van der Waals surface area contributed by atoms with Gasteiger partial charge >= 0.3 is 0 Å². The summed E-state index contributed by atoms with van der Waals surface area (Å²) in [4.78, 5) is 0. The highest BCUT2D eigenvalue weighted by atomic mass is 16.5. The van der Waals surface area contributed by atoms with E-state index in [9.17, 15) is 0 Å². The fourth-order valence-corrected chi connectivity index (χ4v) is 2.26. The first-order valence-electron chi connectivity index (χ1n) is 6.08. The molecular weight excluding hydrogens is 200 g/mol. The molecule has 1 fully saturated rings. The molecule has 0 heterocycles. The number of hydrogen-bond donors (Lipinski definition) is 2. The van der Waals surface area contributed by atoms with Gasteiger partial charge in [0.2, 0.25) is 0 Å². The Balaban J connectivity index is 2.06. The van der Waals surface area contributed by atoms with E-state index in [1.54, 1.807) is 0 Å². The van der Waals surface area contributed by atoms with Crippen molar-refractivity contribution in [3.8, 4) is 5.75 Å². The molecule has 3 N–H and O–H groups in total. The summed E-state index contributed by atoms with van der Waals surface area (Å²) in [5, 5.41) is 3.52. The van der Waals surface area contributed by atoms with E-state index in [0.29, 0.717) is 12.6 Å². The molecule has 1 saturated carbocycles. The Morgan fingerprint density at radius 3 is 2.75 bits per heavy atom. The number of ether oxygens (including phenoxy) is 1. The molecule has 0 aliphatic heterocycles. The second kappa shape index (κ2) is 5.10. The lowest BCUT2D eigenvalue weighted by atomic mass is 10.2. The lowest BCUT2D eigenvalue weighted by Crippen LogP contribution is -2.14. The van der Waals surface area contributed by atoms with Gasteiger partial charge in [-0.25, -0.2) is 0 Å². The average molecular weight is 220 g/mol. The zero-order valence-electron chi connectivity index (χ0n) is 9.83. The largest absolute Gasteiger partial charge is 0.494 e. The topological polar surface area (TPSA) is 47.3 Å². The fourth-order valence-electron chi connectivity index (χ4n) is 2.26. The number of rotatable bonds is 4. The summed E-state index contributed by atoms with van der Waals surface area (Å²) in [6, 6.07) is 6.47. The Kier molecular flexibility index (Phi) is 3.54. The molecule has 0 radical (unpaired) electrons. The number of nitrogens with one attached hydrogen (secondary N) is 1. The highest BCUT2D eigenvalue weighted by Crippen LogP contribution is 2.26. The van der Waals surface area contributed by atoms with Crippen LogP contribution in [0.2, 0.25) is 0 Å². The van der Waals surface area contributed by atoms with Crippen molar-refractivity contribution in [1.82, 2.24) is 0 Å². The van der Waals surface area contributed by atoms with Crippen molar-refractivity contribution in [2.75, 3.05) is 17.7 Å². The van der Waals surface area contributed by atoms with Gasteiger partial charge in [-0.05, 0) is 25.8 Å². The lowest BCUT2D eigenvalue weighted by molar-refractivity contribution is 0.340. The standard InChI is InChI=1S/C13H20N2O/c1-2-16-13-8-10(14)7-12(9-13)15-11-5-3-4-6-11/h7-9,11,15H,2-6,14H2,1H3. The second-order valence-corrected chi connectivity index (χ2v) is 4.35. The van der Waals surface area contributed by atoms with Crippen LogP contribution in [0.5, 0.6) is 5.75 Å². The maximum atomic E-state index is 5.84. The molecule has 0 atom stereocenters. The van der Waals surface area contributed by atoms with E-state index >= 15 is 0 Å². The Hall–Kier alpha value is -1.38. The third kappa shape index (κ3) is 2.81. The number of nitrogen functional groups attached to an aromatic ring is 1. The van der Waals surface area contributed by atoms with E-state index < -0.39 is 0 Å². The van der Waals surface area contributed by atoms with Gasteiger partial charge in [0, 0.05) is 29.5 Å². The van der Waals surface area contributed by atoms with Crippen LogP contribution in [0.1, 0.15) is 32.6 Å². The first kappa shape index (κ1) is 11.1. The summed E-state index contributed by atoms with van der Waals surface area (Å²) in [5.74, 6) is 0.850. The molecule has 0 spiro atoms. The van der Waals surface area contributed by atoms with E-state index in [1.165, 1.54) is 25.7 Å². The predicted octanol–water partition coefficient (Wildman–Crippen LogP) is 3.02. The molecule has 3 heteroatoms. The smallest absolute Gasteiger partial charge is 0.123 e. The van der Waals surface area contributed by atoms with Gasteiger partial charge in [0.25, 0.3) is 0 Å². The van der Waals surface area contributed by atoms with Crippen LogP contribution >= 0.6 is 0 Å². The van der Waals surface area contributed by atoms with Gasteiger partial charge in [-0.2, -0.15) is 0 Å². The van der Waals surface area contributed by atoms with Gasteiger partial charge in [0.1, 0.15) is 5.75 Å². The van der Waals surface area contributed by atoms with Crippen LogP contribution in [-0.2, 0) is 0 Å². The van der Waals surface area contributed by atoms with E-state index in [4.69, 9.17) is 10.5 Å². The summed E-state index contributed by atoms with van der Waals surface area (Å²) < 4.78 is 5.47. The third-order valence-electron chi connectivity index (χ3n) is 2.97. The van der Waals surface area contributed by atoms with Crippen molar-refractivity contribution < 1.29 is 4.74 Å². The zero-order chi connectivity index (χ0) is 11.4. The second-order valence-electron chi connectivity index (χ2n) is 4.35. The summed E-state index contributed by atoms with van der Waals surface area (Å²) in [6.07, 6.45) is 5.19. The predicted molar refractivity (Wildman–Crippen MR) is 67.9 cm³/mol. The zero-order valence-corrected chi connectivity index (χ0v) is 9.83. The van der Waals surface area contributed by atoms with Crippen LogP contribution in [0.15, 0.2) is 18.2 Å². The van der Waals surface area contributed by atoms with Crippen molar-refractivity contribution in [3.05, 3.63) is 18.2 Å². The maximum Gasteiger partial charge on any atom is 0.123 e. The van der Waals surface area contributed by atoms with Gasteiger partial charge in [0.05, 0.1) is 6.61 Å². The maximum absolute atomic E-state index is 5.84. The van der Waals surface area contributed by atoms with Crippen LogP contribution < -0.4 is 15.8 Å². The highest BCUT2D eigenvalue weighted by molar-refractivity contribution is 5.59. The van der Waals surface area contributed by atoms with Crippen molar-refractivity contribution in [1.29, 1.82) is 0 Å². The number of anilines is 2. The van der Waals surface area contributed by atoms with Crippen LogP contribution in [0.3, 0.4) is 0 Å². The quantitative estimate of drug-likeness (QED) is 0.767. The molecule has 3 nitrogen and oxygen atoms in total. The van der Waals surface area contributed by atoms with Gasteiger partial charge in [-0.15, -0.1) is 0 Å². The number of benzene rings is 1. The van der Waals surface area contributed by atoms with Crippen LogP contribution in [0.25, 0.3) is 0 Å². The summed E-state index contributed by atoms with van der Waals surface area (Å²) in [6.45, 7) is 2.65.